The van der Waals surface area contributed by atoms with Gasteiger partial charge in [-0.25, -0.2) is 4.79 Å². The third-order valence-corrected chi connectivity index (χ3v) is 4.95. The van der Waals surface area contributed by atoms with Crippen molar-refractivity contribution in [1.29, 1.82) is 0 Å². The Morgan fingerprint density at radius 2 is 2.16 bits per heavy atom. The van der Waals surface area contributed by atoms with Gasteiger partial charge in [0, 0.05) is 18.7 Å². The number of aryl methyl sites for hydroxylation is 1. The van der Waals surface area contributed by atoms with Gasteiger partial charge in [-0.05, 0) is 49.3 Å². The summed E-state index contributed by atoms with van der Waals surface area (Å²) in [5.41, 5.74) is 3.04. The quantitative estimate of drug-likeness (QED) is 0.830. The van der Waals surface area contributed by atoms with Gasteiger partial charge in [0.15, 0.2) is 0 Å². The van der Waals surface area contributed by atoms with Crippen LogP contribution in [0.3, 0.4) is 0 Å². The molecule has 1 aromatic rings. The molecule has 1 fully saturated rings. The van der Waals surface area contributed by atoms with E-state index >= 15 is 0 Å². The second-order valence-electron chi connectivity index (χ2n) is 6.69. The van der Waals surface area contributed by atoms with Gasteiger partial charge in [-0.15, -0.1) is 0 Å². The molecule has 2 heterocycles. The van der Waals surface area contributed by atoms with E-state index in [1.165, 1.54) is 7.11 Å². The topological polar surface area (TPSA) is 75.7 Å². The van der Waals surface area contributed by atoms with E-state index in [0.717, 1.165) is 42.5 Å². The standard InChI is InChI=1S/C19H24N2O4/c1-25-19(24)16-6-2-3-10-21(16)18(23)7-4-5-13-8-9-15-14(11-13)12-17(22)20-15/h8-9,11,16H,2-7,10,12H2,1H3,(H,20,22)/t16-/m1/s1. The highest BCUT2D eigenvalue weighted by Crippen LogP contribution is 2.25. The summed E-state index contributed by atoms with van der Waals surface area (Å²) in [4.78, 5) is 37.5. The first-order chi connectivity index (χ1) is 12.1. The van der Waals surface area contributed by atoms with Crippen molar-refractivity contribution in [3.63, 3.8) is 0 Å². The summed E-state index contributed by atoms with van der Waals surface area (Å²) in [6, 6.07) is 5.53. The number of ether oxygens (including phenoxy) is 1. The van der Waals surface area contributed by atoms with Crippen LogP contribution in [0, 0.1) is 0 Å². The molecule has 6 nitrogen and oxygen atoms in total. The van der Waals surface area contributed by atoms with E-state index in [9.17, 15) is 14.4 Å². The van der Waals surface area contributed by atoms with Crippen LogP contribution in [0.25, 0.3) is 0 Å². The summed E-state index contributed by atoms with van der Waals surface area (Å²) in [7, 11) is 1.37. The van der Waals surface area contributed by atoms with Crippen molar-refractivity contribution < 1.29 is 19.1 Å². The number of esters is 1. The number of anilines is 1. The monoisotopic (exact) mass is 344 g/mol. The Morgan fingerprint density at radius 1 is 1.32 bits per heavy atom. The number of benzene rings is 1. The molecular weight excluding hydrogens is 320 g/mol. The molecule has 0 aliphatic carbocycles. The predicted molar refractivity (Wildman–Crippen MR) is 93.1 cm³/mol. The summed E-state index contributed by atoms with van der Waals surface area (Å²) < 4.78 is 4.83. The number of carbonyl (C=O) groups excluding carboxylic acids is 3. The van der Waals surface area contributed by atoms with Crippen molar-refractivity contribution in [2.75, 3.05) is 19.0 Å². The van der Waals surface area contributed by atoms with Gasteiger partial charge in [0.25, 0.3) is 0 Å². The summed E-state index contributed by atoms with van der Waals surface area (Å²) in [6.07, 6.45) is 4.92. The summed E-state index contributed by atoms with van der Waals surface area (Å²) in [5.74, 6) is -0.266. The number of hydrogen-bond donors (Lipinski definition) is 1. The van der Waals surface area contributed by atoms with Gasteiger partial charge in [0.05, 0.1) is 13.5 Å². The molecule has 0 aromatic heterocycles. The van der Waals surface area contributed by atoms with Gasteiger partial charge in [-0.1, -0.05) is 12.1 Å². The van der Waals surface area contributed by atoms with Gasteiger partial charge in [-0.2, -0.15) is 0 Å². The number of amides is 2. The zero-order valence-corrected chi connectivity index (χ0v) is 14.5. The summed E-state index contributed by atoms with van der Waals surface area (Å²) in [6.45, 7) is 0.630. The second kappa shape index (κ2) is 7.68. The normalized spacial score (nSPS) is 19.3. The molecule has 1 N–H and O–H groups in total. The molecular formula is C19H24N2O4. The Kier molecular flexibility index (Phi) is 5.36. The maximum Gasteiger partial charge on any atom is 0.328 e. The molecule has 134 valence electrons. The lowest BCUT2D eigenvalue weighted by Crippen LogP contribution is -2.48. The molecule has 1 aromatic carbocycles. The van der Waals surface area contributed by atoms with E-state index in [4.69, 9.17) is 4.74 Å². The van der Waals surface area contributed by atoms with Crippen molar-refractivity contribution in [2.45, 2.75) is 51.0 Å². The Hall–Kier alpha value is -2.37. The number of nitrogens with zero attached hydrogens (tertiary/aromatic N) is 1. The number of piperidine rings is 1. The van der Waals surface area contributed by atoms with Gasteiger partial charge < -0.3 is 15.0 Å². The Labute approximate surface area is 147 Å². The molecule has 2 aliphatic heterocycles. The highest BCUT2D eigenvalue weighted by Gasteiger charge is 2.32. The Balaban J connectivity index is 1.53. The van der Waals surface area contributed by atoms with Gasteiger partial charge in [-0.3, -0.25) is 9.59 Å². The number of methoxy groups -OCH3 is 1. The molecule has 0 unspecified atom stereocenters. The minimum atomic E-state index is -0.427. The van der Waals surface area contributed by atoms with Crippen molar-refractivity contribution in [2.24, 2.45) is 0 Å². The van der Waals surface area contributed by atoms with E-state index in [-0.39, 0.29) is 17.8 Å². The molecule has 3 rings (SSSR count). The lowest BCUT2D eigenvalue weighted by molar-refractivity contribution is -0.154. The second-order valence-corrected chi connectivity index (χ2v) is 6.69. The molecule has 0 spiro atoms. The van der Waals surface area contributed by atoms with E-state index in [1.807, 2.05) is 18.2 Å². The minimum absolute atomic E-state index is 0.0214. The van der Waals surface area contributed by atoms with Crippen LogP contribution < -0.4 is 5.32 Å². The third-order valence-electron chi connectivity index (χ3n) is 4.95. The van der Waals surface area contributed by atoms with Gasteiger partial charge in [0.2, 0.25) is 11.8 Å². The fourth-order valence-electron chi connectivity index (χ4n) is 3.64. The SMILES string of the molecule is COC(=O)[C@H]1CCCCN1C(=O)CCCc1ccc2c(c1)CC(=O)N2. The minimum Gasteiger partial charge on any atom is -0.467 e. The lowest BCUT2D eigenvalue weighted by atomic mass is 10.00. The van der Waals surface area contributed by atoms with Gasteiger partial charge in [0.1, 0.15) is 6.04 Å². The average molecular weight is 344 g/mol. The number of fused-ring (bicyclic) bond motifs is 1. The molecule has 25 heavy (non-hydrogen) atoms. The maximum absolute atomic E-state index is 12.5. The van der Waals surface area contributed by atoms with Gasteiger partial charge >= 0.3 is 5.97 Å². The Bertz CT molecular complexity index is 686. The van der Waals surface area contributed by atoms with Crippen LogP contribution in [-0.2, 0) is 32.0 Å². The van der Waals surface area contributed by atoms with E-state index in [1.54, 1.807) is 4.90 Å². The van der Waals surface area contributed by atoms with Crippen LogP contribution in [-0.4, -0.2) is 42.4 Å². The number of carbonyl (C=O) groups is 3. The molecule has 0 bridgehead atoms. The number of likely N-dealkylation sites (tertiary alicyclic amines) is 1. The smallest absolute Gasteiger partial charge is 0.328 e. The molecule has 1 atom stereocenters. The Morgan fingerprint density at radius 3 is 2.96 bits per heavy atom. The van der Waals surface area contributed by atoms with Crippen LogP contribution in [0.2, 0.25) is 0 Å². The highest BCUT2D eigenvalue weighted by molar-refractivity contribution is 5.99. The first-order valence-corrected chi connectivity index (χ1v) is 8.87. The van der Waals surface area contributed by atoms with E-state index in [2.05, 4.69) is 5.32 Å². The van der Waals surface area contributed by atoms with Crippen LogP contribution >= 0.6 is 0 Å². The molecule has 0 radical (unpaired) electrons. The first kappa shape index (κ1) is 17.5. The van der Waals surface area contributed by atoms with Crippen LogP contribution in [0.4, 0.5) is 5.69 Å². The summed E-state index contributed by atoms with van der Waals surface area (Å²) in [5, 5.41) is 2.82. The molecule has 2 amide bonds. The zero-order chi connectivity index (χ0) is 17.8. The predicted octanol–water partition coefficient (Wildman–Crippen LogP) is 2.06. The van der Waals surface area contributed by atoms with Crippen LogP contribution in [0.5, 0.6) is 0 Å². The van der Waals surface area contributed by atoms with E-state index < -0.39 is 6.04 Å². The number of rotatable bonds is 5. The molecule has 1 saturated heterocycles. The fraction of sp³-hybridized carbons (Fsp3) is 0.526. The number of nitrogens with one attached hydrogen (secondary N) is 1. The fourth-order valence-corrected chi connectivity index (χ4v) is 3.64. The van der Waals surface area contributed by atoms with Crippen LogP contribution in [0.15, 0.2) is 18.2 Å². The average Bonchev–Trinajstić information content (AvgIpc) is 3.00. The third kappa shape index (κ3) is 4.00. The van der Waals surface area contributed by atoms with Crippen molar-refractivity contribution in [1.82, 2.24) is 4.90 Å². The molecule has 2 aliphatic rings. The van der Waals surface area contributed by atoms with Crippen molar-refractivity contribution in [3.8, 4) is 0 Å². The molecule has 0 saturated carbocycles. The van der Waals surface area contributed by atoms with Crippen molar-refractivity contribution in [3.05, 3.63) is 29.3 Å². The van der Waals surface area contributed by atoms with Crippen molar-refractivity contribution >= 4 is 23.5 Å². The summed E-state index contributed by atoms with van der Waals surface area (Å²) >= 11 is 0. The lowest BCUT2D eigenvalue weighted by Gasteiger charge is -2.33. The van der Waals surface area contributed by atoms with E-state index in [0.29, 0.717) is 25.8 Å². The maximum atomic E-state index is 12.5. The first-order valence-electron chi connectivity index (χ1n) is 8.87. The largest absolute Gasteiger partial charge is 0.467 e. The molecule has 6 heteroatoms. The zero-order valence-electron chi connectivity index (χ0n) is 14.5. The highest BCUT2D eigenvalue weighted by atomic mass is 16.5. The number of hydrogen-bond acceptors (Lipinski definition) is 4. The van der Waals surface area contributed by atoms with Crippen LogP contribution in [0.1, 0.15) is 43.2 Å².